The van der Waals surface area contributed by atoms with Gasteiger partial charge in [-0.2, -0.15) is 5.10 Å². The number of amidine groups is 1. The van der Waals surface area contributed by atoms with Gasteiger partial charge in [0.05, 0.1) is 0 Å². The molecule has 1 fully saturated rings. The first-order valence-electron chi connectivity index (χ1n) is 9.33. The molecule has 1 saturated heterocycles. The Morgan fingerprint density at radius 2 is 2.14 bits per heavy atom. The zero-order chi connectivity index (χ0) is 20.7. The van der Waals surface area contributed by atoms with Crippen molar-refractivity contribution in [2.45, 2.75) is 38.1 Å². The van der Waals surface area contributed by atoms with E-state index in [1.165, 1.54) is 18.2 Å². The van der Waals surface area contributed by atoms with Crippen molar-refractivity contribution in [1.29, 1.82) is 0 Å². The van der Waals surface area contributed by atoms with E-state index in [9.17, 15) is 13.2 Å². The predicted molar refractivity (Wildman–Crippen MR) is 105 cm³/mol. The first-order chi connectivity index (χ1) is 13.9. The first-order valence-corrected chi connectivity index (χ1v) is 9.33. The van der Waals surface area contributed by atoms with Crippen LogP contribution in [-0.4, -0.2) is 42.7 Å². The quantitative estimate of drug-likeness (QED) is 0.695. The maximum absolute atomic E-state index is 12.3. The van der Waals surface area contributed by atoms with Crippen LogP contribution in [0.25, 0.3) is 0 Å². The molecular weight excluding hydrogens is 385 g/mol. The fraction of sp³-hybridized carbons (Fsp3) is 0.400. The second-order valence-electron chi connectivity index (χ2n) is 6.65. The number of allylic oxidation sites excluding steroid dienone is 5. The van der Waals surface area contributed by atoms with Crippen LogP contribution >= 0.6 is 0 Å². The summed E-state index contributed by atoms with van der Waals surface area (Å²) in [4.78, 5) is 4.42. The summed E-state index contributed by atoms with van der Waals surface area (Å²) in [7, 11) is 0. The topological polar surface area (TPSA) is 58.5 Å². The van der Waals surface area contributed by atoms with Gasteiger partial charge in [0, 0.05) is 38.1 Å². The van der Waals surface area contributed by atoms with E-state index in [4.69, 9.17) is 4.74 Å². The van der Waals surface area contributed by atoms with Crippen LogP contribution in [0.1, 0.15) is 25.7 Å². The highest BCUT2D eigenvalue weighted by Gasteiger charge is 2.31. The van der Waals surface area contributed by atoms with Gasteiger partial charge >= 0.3 is 6.36 Å². The van der Waals surface area contributed by atoms with Crippen LogP contribution in [0.2, 0.25) is 0 Å². The van der Waals surface area contributed by atoms with E-state index in [2.05, 4.69) is 26.7 Å². The summed E-state index contributed by atoms with van der Waals surface area (Å²) in [5.41, 5.74) is 0.905. The second-order valence-corrected chi connectivity index (χ2v) is 6.65. The number of ether oxygens (including phenoxy) is 2. The molecule has 29 heavy (non-hydrogen) atoms. The van der Waals surface area contributed by atoms with Crippen molar-refractivity contribution in [2.24, 2.45) is 10.1 Å². The van der Waals surface area contributed by atoms with E-state index in [1.807, 2.05) is 6.08 Å². The number of hydrazone groups is 1. The van der Waals surface area contributed by atoms with Gasteiger partial charge < -0.3 is 14.8 Å². The van der Waals surface area contributed by atoms with Crippen LogP contribution in [0.3, 0.4) is 0 Å². The maximum Gasteiger partial charge on any atom is 0.573 e. The van der Waals surface area contributed by atoms with E-state index in [0.717, 1.165) is 37.5 Å². The standard InChI is InChI=1S/C20H23F3N4O2/c1-15-25-19(26-17-9-13-28-14-10-17)8-12-27(15)24-11-7-16-3-2-4-18(6-5-16)29-20(21,22)23/h2-4,6,8,11-12,17H,1,5,7,9-10,13-14H2,(H,25,26)/b24-11-. The molecule has 1 aliphatic carbocycles. The Kier molecular flexibility index (Phi) is 6.92. The molecule has 1 N–H and O–H groups in total. The highest BCUT2D eigenvalue weighted by atomic mass is 19.4. The van der Waals surface area contributed by atoms with Gasteiger partial charge in [-0.25, -0.2) is 10.0 Å². The molecule has 0 atom stereocenters. The third-order valence-corrected chi connectivity index (χ3v) is 4.41. The van der Waals surface area contributed by atoms with Crippen molar-refractivity contribution in [3.63, 3.8) is 0 Å². The van der Waals surface area contributed by atoms with Crippen LogP contribution in [0.15, 0.2) is 70.4 Å². The molecule has 6 nitrogen and oxygen atoms in total. The molecule has 0 aromatic carbocycles. The molecule has 0 saturated carbocycles. The van der Waals surface area contributed by atoms with Crippen LogP contribution in [-0.2, 0) is 9.47 Å². The smallest absolute Gasteiger partial charge is 0.406 e. The van der Waals surface area contributed by atoms with E-state index in [0.29, 0.717) is 24.7 Å². The Balaban J connectivity index is 1.47. The van der Waals surface area contributed by atoms with Crippen molar-refractivity contribution in [1.82, 2.24) is 10.3 Å². The number of alkyl halides is 3. The number of nitrogens with one attached hydrogen (secondary N) is 1. The molecule has 9 heteroatoms. The SMILES string of the molecule is C=C1N=C(NC2CCOCC2)C=CN1/N=C\CC1=CC=CC(OC(F)(F)F)=CC1. The third kappa shape index (κ3) is 6.94. The van der Waals surface area contributed by atoms with Crippen molar-refractivity contribution in [2.75, 3.05) is 13.2 Å². The number of aliphatic imine (C=N–C) groups is 1. The Hall–Kier alpha value is -2.81. The maximum atomic E-state index is 12.3. The molecule has 3 aliphatic rings. The van der Waals surface area contributed by atoms with Crippen LogP contribution in [0, 0.1) is 0 Å². The van der Waals surface area contributed by atoms with E-state index >= 15 is 0 Å². The van der Waals surface area contributed by atoms with Crippen molar-refractivity contribution < 1.29 is 22.6 Å². The van der Waals surface area contributed by atoms with Crippen molar-refractivity contribution in [3.8, 4) is 0 Å². The van der Waals surface area contributed by atoms with Crippen LogP contribution in [0.4, 0.5) is 13.2 Å². The molecule has 2 aliphatic heterocycles. The van der Waals surface area contributed by atoms with Gasteiger partial charge in [0.2, 0.25) is 0 Å². The van der Waals surface area contributed by atoms with Crippen molar-refractivity contribution >= 4 is 12.1 Å². The molecule has 0 aromatic rings. The van der Waals surface area contributed by atoms with Crippen LogP contribution < -0.4 is 5.32 Å². The van der Waals surface area contributed by atoms with Crippen LogP contribution in [0.5, 0.6) is 0 Å². The summed E-state index contributed by atoms with van der Waals surface area (Å²) in [5.74, 6) is 1.01. The third-order valence-electron chi connectivity index (χ3n) is 4.41. The van der Waals surface area contributed by atoms with Gasteiger partial charge in [-0.05, 0) is 37.5 Å². The molecule has 2 heterocycles. The zero-order valence-electron chi connectivity index (χ0n) is 15.9. The number of halogens is 3. The molecule has 0 aromatic heterocycles. The predicted octanol–water partition coefficient (Wildman–Crippen LogP) is 4.14. The summed E-state index contributed by atoms with van der Waals surface area (Å²) >= 11 is 0. The Labute approximate surface area is 167 Å². The highest BCUT2D eigenvalue weighted by Crippen LogP contribution is 2.24. The minimum absolute atomic E-state index is 0.216. The summed E-state index contributed by atoms with van der Waals surface area (Å²) in [5, 5.41) is 9.24. The molecule has 0 spiro atoms. The minimum Gasteiger partial charge on any atom is -0.406 e. The lowest BCUT2D eigenvalue weighted by Crippen LogP contribution is -2.39. The molecule has 0 bridgehead atoms. The lowest BCUT2D eigenvalue weighted by Gasteiger charge is -2.26. The average Bonchev–Trinajstić information content (AvgIpc) is 2.88. The molecule has 156 valence electrons. The van der Waals surface area contributed by atoms with Gasteiger partial charge in [0.25, 0.3) is 0 Å². The molecule has 0 unspecified atom stereocenters. The van der Waals surface area contributed by atoms with E-state index in [1.54, 1.807) is 23.5 Å². The summed E-state index contributed by atoms with van der Waals surface area (Å²) in [6, 6.07) is 0.338. The van der Waals surface area contributed by atoms with Gasteiger partial charge in [-0.1, -0.05) is 24.3 Å². The first kappa shape index (κ1) is 20.9. The van der Waals surface area contributed by atoms with Gasteiger partial charge in [0.1, 0.15) is 17.4 Å². The molecule has 0 amide bonds. The fourth-order valence-electron chi connectivity index (χ4n) is 2.94. The minimum atomic E-state index is -4.69. The summed E-state index contributed by atoms with van der Waals surface area (Å²) in [6.45, 7) is 5.41. The van der Waals surface area contributed by atoms with E-state index < -0.39 is 6.36 Å². The summed E-state index contributed by atoms with van der Waals surface area (Å²) < 4.78 is 46.2. The fourth-order valence-corrected chi connectivity index (χ4v) is 2.94. The zero-order valence-corrected chi connectivity index (χ0v) is 15.9. The van der Waals surface area contributed by atoms with E-state index in [-0.39, 0.29) is 5.76 Å². The lowest BCUT2D eigenvalue weighted by molar-refractivity contribution is -0.303. The number of hydrogen-bond acceptors (Lipinski definition) is 6. The Morgan fingerprint density at radius 1 is 1.34 bits per heavy atom. The Bertz CT molecular complexity index is 788. The number of rotatable bonds is 5. The summed E-state index contributed by atoms with van der Waals surface area (Å²) in [6.07, 6.45) is 9.26. The molecule has 0 radical (unpaired) electrons. The normalized spacial score (nSPS) is 21.0. The van der Waals surface area contributed by atoms with Gasteiger partial charge in [0.15, 0.2) is 0 Å². The molecular formula is C20H23F3N4O2. The van der Waals surface area contributed by atoms with Crippen molar-refractivity contribution in [3.05, 3.63) is 60.3 Å². The monoisotopic (exact) mass is 408 g/mol. The highest BCUT2D eigenvalue weighted by molar-refractivity contribution is 5.94. The van der Waals surface area contributed by atoms with Gasteiger partial charge in [-0.15, -0.1) is 13.2 Å². The largest absolute Gasteiger partial charge is 0.573 e. The average molecular weight is 408 g/mol. The Morgan fingerprint density at radius 3 is 2.86 bits per heavy atom. The number of nitrogens with zero attached hydrogens (tertiary/aromatic N) is 3. The second kappa shape index (κ2) is 9.60. The lowest BCUT2D eigenvalue weighted by atomic mass is 10.1. The molecule has 3 rings (SSSR count). The van der Waals surface area contributed by atoms with Gasteiger partial charge in [-0.3, -0.25) is 0 Å². The number of hydrogen-bond donors (Lipinski definition) is 1.